The maximum atomic E-state index is 12.2. The van der Waals surface area contributed by atoms with Crippen molar-refractivity contribution >= 4 is 6.09 Å². The van der Waals surface area contributed by atoms with Crippen LogP contribution in [-0.4, -0.2) is 34.0 Å². The molecule has 1 rings (SSSR count). The Morgan fingerprint density at radius 2 is 1.84 bits per heavy atom. The van der Waals surface area contributed by atoms with Crippen LogP contribution in [0, 0.1) is 5.92 Å². The van der Waals surface area contributed by atoms with Crippen LogP contribution in [0.4, 0.5) is 4.79 Å². The molecular weight excluding hydrogens is 316 g/mol. The second-order valence-electron chi connectivity index (χ2n) is 7.94. The molecule has 0 radical (unpaired) electrons. The van der Waals surface area contributed by atoms with Crippen LogP contribution in [0.1, 0.15) is 59.9 Å². The summed E-state index contributed by atoms with van der Waals surface area (Å²) < 4.78 is 5.37. The molecule has 5 heteroatoms. The first-order chi connectivity index (χ1) is 11.6. The lowest BCUT2D eigenvalue weighted by molar-refractivity contribution is -0.148. The summed E-state index contributed by atoms with van der Waals surface area (Å²) in [5, 5.41) is 15.0. The molecule has 0 aliphatic carbocycles. The van der Waals surface area contributed by atoms with E-state index in [1.807, 2.05) is 58.0 Å². The number of carbonyl (C=O) groups excluding carboxylic acids is 1. The van der Waals surface area contributed by atoms with Crippen molar-refractivity contribution in [2.45, 2.75) is 78.6 Å². The number of benzene rings is 1. The monoisotopic (exact) mass is 350 g/mol. The molecule has 25 heavy (non-hydrogen) atoms. The molecule has 1 aromatic rings. The van der Waals surface area contributed by atoms with Crippen LogP contribution in [0.15, 0.2) is 30.3 Å². The van der Waals surface area contributed by atoms with Gasteiger partial charge in [-0.25, -0.2) is 4.79 Å². The Hall–Kier alpha value is -1.59. The van der Waals surface area contributed by atoms with Gasteiger partial charge in [-0.15, -0.1) is 0 Å². The average Bonchev–Trinajstić information content (AvgIpc) is 2.49. The summed E-state index contributed by atoms with van der Waals surface area (Å²) in [6.45, 7) is 12.2. The first-order valence-electron chi connectivity index (χ1n) is 9.11. The number of nitrogens with one attached hydrogen (secondary N) is 1. The van der Waals surface area contributed by atoms with Gasteiger partial charge in [0.25, 0.3) is 0 Å². The minimum atomic E-state index is -0.543. The largest absolute Gasteiger partial charge is 0.444 e. The van der Waals surface area contributed by atoms with E-state index in [1.165, 1.54) is 5.06 Å². The van der Waals surface area contributed by atoms with E-state index >= 15 is 0 Å². The molecule has 0 saturated heterocycles. The van der Waals surface area contributed by atoms with E-state index in [4.69, 9.17) is 4.74 Å². The normalized spacial score (nSPS) is 14.4. The van der Waals surface area contributed by atoms with Crippen molar-refractivity contribution < 1.29 is 14.7 Å². The van der Waals surface area contributed by atoms with Gasteiger partial charge in [0, 0.05) is 12.6 Å². The van der Waals surface area contributed by atoms with Crippen molar-refractivity contribution in [2.75, 3.05) is 0 Å². The standard InChI is InChI=1S/C20H34N2O3/c1-7-17(21-19(23)25-20(4,5)6)18(13-15(2)3)22(24)14-16-11-9-8-10-12-16/h8-12,15,17-18,24H,7,13-14H2,1-6H3,(H,21,23)/t17-,18+/m0/s1. The van der Waals surface area contributed by atoms with Crippen molar-refractivity contribution in [3.8, 4) is 0 Å². The molecule has 0 heterocycles. The fourth-order valence-electron chi connectivity index (χ4n) is 2.79. The molecule has 0 fully saturated rings. The molecule has 5 nitrogen and oxygen atoms in total. The highest BCUT2D eigenvalue weighted by atomic mass is 16.6. The van der Waals surface area contributed by atoms with Gasteiger partial charge in [-0.1, -0.05) is 51.1 Å². The van der Waals surface area contributed by atoms with Gasteiger partial charge < -0.3 is 15.3 Å². The van der Waals surface area contributed by atoms with E-state index in [1.54, 1.807) is 0 Å². The quantitative estimate of drug-likeness (QED) is 0.673. The molecule has 2 atom stereocenters. The summed E-state index contributed by atoms with van der Waals surface area (Å²) in [7, 11) is 0. The maximum Gasteiger partial charge on any atom is 0.407 e. The molecule has 0 aliphatic rings. The van der Waals surface area contributed by atoms with Crippen LogP contribution < -0.4 is 5.32 Å². The highest BCUT2D eigenvalue weighted by molar-refractivity contribution is 5.68. The van der Waals surface area contributed by atoms with Gasteiger partial charge in [0.15, 0.2) is 0 Å². The molecule has 0 spiro atoms. The molecule has 0 aliphatic heterocycles. The van der Waals surface area contributed by atoms with E-state index in [9.17, 15) is 10.0 Å². The Morgan fingerprint density at radius 3 is 2.32 bits per heavy atom. The van der Waals surface area contributed by atoms with Gasteiger partial charge in [0.1, 0.15) is 5.60 Å². The average molecular weight is 351 g/mol. The number of hydroxylamine groups is 2. The van der Waals surface area contributed by atoms with Crippen molar-refractivity contribution in [3.05, 3.63) is 35.9 Å². The fraction of sp³-hybridized carbons (Fsp3) is 0.650. The smallest absolute Gasteiger partial charge is 0.407 e. The topological polar surface area (TPSA) is 61.8 Å². The Kier molecular flexibility index (Phi) is 8.39. The molecule has 0 aromatic heterocycles. The van der Waals surface area contributed by atoms with Gasteiger partial charge >= 0.3 is 6.09 Å². The number of ether oxygens (including phenoxy) is 1. The van der Waals surface area contributed by atoms with Gasteiger partial charge in [-0.3, -0.25) is 0 Å². The zero-order valence-electron chi connectivity index (χ0n) is 16.5. The fourth-order valence-corrected chi connectivity index (χ4v) is 2.79. The van der Waals surface area contributed by atoms with Crippen LogP contribution in [0.2, 0.25) is 0 Å². The minimum Gasteiger partial charge on any atom is -0.444 e. The van der Waals surface area contributed by atoms with Crippen molar-refractivity contribution in [1.82, 2.24) is 10.4 Å². The Morgan fingerprint density at radius 1 is 1.24 bits per heavy atom. The van der Waals surface area contributed by atoms with Crippen LogP contribution in [0.3, 0.4) is 0 Å². The molecule has 0 saturated carbocycles. The van der Waals surface area contributed by atoms with Gasteiger partial charge in [-0.05, 0) is 45.1 Å². The Bertz CT molecular complexity index is 511. The third-order valence-electron chi connectivity index (χ3n) is 3.89. The number of alkyl carbamates (subject to hydrolysis) is 1. The lowest BCUT2D eigenvalue weighted by Crippen LogP contribution is -2.51. The Balaban J connectivity index is 2.84. The van der Waals surface area contributed by atoms with Crippen molar-refractivity contribution in [2.24, 2.45) is 5.92 Å². The minimum absolute atomic E-state index is 0.183. The first kappa shape index (κ1) is 21.5. The summed E-state index contributed by atoms with van der Waals surface area (Å²) in [5.74, 6) is 0.393. The summed E-state index contributed by atoms with van der Waals surface area (Å²) in [4.78, 5) is 12.2. The third kappa shape index (κ3) is 8.36. The van der Waals surface area contributed by atoms with E-state index < -0.39 is 11.7 Å². The number of hydrogen-bond acceptors (Lipinski definition) is 4. The van der Waals surface area contributed by atoms with E-state index in [0.717, 1.165) is 12.0 Å². The number of nitrogens with zero attached hydrogens (tertiary/aromatic N) is 1. The van der Waals surface area contributed by atoms with Gasteiger partial charge in [0.2, 0.25) is 0 Å². The SMILES string of the molecule is CC[C@H](NC(=O)OC(C)(C)C)[C@@H](CC(C)C)N(O)Cc1ccccc1. The molecule has 0 bridgehead atoms. The zero-order chi connectivity index (χ0) is 19.0. The lowest BCUT2D eigenvalue weighted by atomic mass is 9.95. The first-order valence-corrected chi connectivity index (χ1v) is 9.11. The molecule has 2 N–H and O–H groups in total. The lowest BCUT2D eigenvalue weighted by Gasteiger charge is -2.34. The molecule has 1 aromatic carbocycles. The van der Waals surface area contributed by atoms with E-state index in [0.29, 0.717) is 18.9 Å². The van der Waals surface area contributed by atoms with Crippen LogP contribution in [0.5, 0.6) is 0 Å². The second kappa shape index (κ2) is 9.78. The molecule has 1 amide bonds. The summed E-state index contributed by atoms with van der Waals surface area (Å²) >= 11 is 0. The number of carbonyl (C=O) groups is 1. The maximum absolute atomic E-state index is 12.2. The zero-order valence-corrected chi connectivity index (χ0v) is 16.5. The summed E-state index contributed by atoms with van der Waals surface area (Å²) in [6, 6.07) is 9.46. The highest BCUT2D eigenvalue weighted by Gasteiger charge is 2.29. The number of hydrogen-bond donors (Lipinski definition) is 2. The summed E-state index contributed by atoms with van der Waals surface area (Å²) in [5.41, 5.74) is 0.490. The second-order valence-corrected chi connectivity index (χ2v) is 7.94. The third-order valence-corrected chi connectivity index (χ3v) is 3.89. The molecule has 142 valence electrons. The van der Waals surface area contributed by atoms with E-state index in [-0.39, 0.29) is 12.1 Å². The predicted molar refractivity (Wildman–Crippen MR) is 100 cm³/mol. The predicted octanol–water partition coefficient (Wildman–Crippen LogP) is 4.60. The van der Waals surface area contributed by atoms with Crippen molar-refractivity contribution in [1.29, 1.82) is 0 Å². The van der Waals surface area contributed by atoms with Crippen LogP contribution in [-0.2, 0) is 11.3 Å². The number of amides is 1. The van der Waals surface area contributed by atoms with Crippen LogP contribution in [0.25, 0.3) is 0 Å². The summed E-state index contributed by atoms with van der Waals surface area (Å²) in [6.07, 6.45) is 1.04. The van der Waals surface area contributed by atoms with Gasteiger partial charge in [-0.2, -0.15) is 5.06 Å². The Labute approximate surface area is 152 Å². The van der Waals surface area contributed by atoms with Gasteiger partial charge in [0.05, 0.1) is 6.04 Å². The van der Waals surface area contributed by atoms with E-state index in [2.05, 4.69) is 19.2 Å². The molecular formula is C20H34N2O3. The molecule has 0 unspecified atom stereocenters. The van der Waals surface area contributed by atoms with Crippen molar-refractivity contribution in [3.63, 3.8) is 0 Å². The van der Waals surface area contributed by atoms with Crippen LogP contribution >= 0.6 is 0 Å². The highest BCUT2D eigenvalue weighted by Crippen LogP contribution is 2.19. The number of rotatable bonds is 8.